The van der Waals surface area contributed by atoms with E-state index >= 15 is 0 Å². The normalized spacial score (nSPS) is 29.3. The van der Waals surface area contributed by atoms with E-state index in [9.17, 15) is 9.59 Å². The fourth-order valence-corrected chi connectivity index (χ4v) is 2.15. The van der Waals surface area contributed by atoms with Gasteiger partial charge >= 0.3 is 11.9 Å². The van der Waals surface area contributed by atoms with Crippen molar-refractivity contribution in [1.29, 1.82) is 0 Å². The Bertz CT molecular complexity index is 482. The molecule has 2 unspecified atom stereocenters. The lowest BCUT2D eigenvalue weighted by molar-refractivity contribution is -0.139. The molecule has 0 saturated carbocycles. The van der Waals surface area contributed by atoms with Crippen molar-refractivity contribution in [1.82, 2.24) is 0 Å². The lowest BCUT2D eigenvalue weighted by Gasteiger charge is -2.19. The molecule has 7 heteroatoms. The van der Waals surface area contributed by atoms with Crippen molar-refractivity contribution in [2.24, 2.45) is 10.7 Å². The van der Waals surface area contributed by atoms with Crippen LogP contribution in [0.4, 0.5) is 0 Å². The Balaban J connectivity index is 2.53. The molecule has 0 saturated heterocycles. The summed E-state index contributed by atoms with van der Waals surface area (Å²) in [5, 5.41) is 0. The maximum atomic E-state index is 11.8. The molecule has 2 rings (SSSR count). The Kier molecular flexibility index (Phi) is 2.95. The molecule has 7 nitrogen and oxygen atoms in total. The monoisotopic (exact) mass is 254 g/mol. The maximum Gasteiger partial charge on any atom is 0.340 e. The number of dihydropyridines is 1. The van der Waals surface area contributed by atoms with Crippen LogP contribution in [0.2, 0.25) is 0 Å². The molecule has 0 spiro atoms. The minimum Gasteiger partial charge on any atom is -0.466 e. The van der Waals surface area contributed by atoms with Gasteiger partial charge in [0.25, 0.3) is 0 Å². The van der Waals surface area contributed by atoms with E-state index in [-0.39, 0.29) is 11.1 Å². The number of rotatable bonds is 3. The van der Waals surface area contributed by atoms with Gasteiger partial charge in [-0.15, -0.1) is 0 Å². The van der Waals surface area contributed by atoms with Crippen LogP contribution in [0.5, 0.6) is 0 Å². The minimum atomic E-state index is -1.63. The van der Waals surface area contributed by atoms with E-state index in [1.54, 1.807) is 0 Å². The van der Waals surface area contributed by atoms with E-state index < -0.39 is 23.9 Å². The average molecular weight is 254 g/mol. The van der Waals surface area contributed by atoms with Crippen molar-refractivity contribution in [3.05, 3.63) is 11.1 Å². The summed E-state index contributed by atoms with van der Waals surface area (Å²) in [7, 11) is 2.42. The summed E-state index contributed by atoms with van der Waals surface area (Å²) in [6.07, 6.45) is -0.153. The number of hydrogen-bond donors (Lipinski definition) is 1. The van der Waals surface area contributed by atoms with Crippen LogP contribution < -0.4 is 5.73 Å². The zero-order valence-corrected chi connectivity index (χ0v) is 10.4. The van der Waals surface area contributed by atoms with Gasteiger partial charge < -0.3 is 14.2 Å². The highest BCUT2D eigenvalue weighted by molar-refractivity contribution is 6.11. The number of carbonyl (C=O) groups excluding carboxylic acids is 2. The molecular weight excluding hydrogens is 240 g/mol. The van der Waals surface area contributed by atoms with Crippen molar-refractivity contribution in [3.8, 4) is 0 Å². The lowest BCUT2D eigenvalue weighted by Crippen LogP contribution is -2.41. The van der Waals surface area contributed by atoms with Gasteiger partial charge in [-0.25, -0.2) is 14.6 Å². The number of nitrogens with zero attached hydrogens (tertiary/aromatic N) is 1. The number of carbonyl (C=O) groups is 2. The highest BCUT2D eigenvalue weighted by Gasteiger charge is 2.56. The molecule has 0 aliphatic carbocycles. The highest BCUT2D eigenvalue weighted by atomic mass is 16.6. The predicted octanol–water partition coefficient (Wildman–Crippen LogP) is -0.495. The first-order valence-electron chi connectivity index (χ1n) is 5.45. The van der Waals surface area contributed by atoms with Gasteiger partial charge in [-0.3, -0.25) is 5.73 Å². The molecule has 2 heterocycles. The van der Waals surface area contributed by atoms with Crippen molar-refractivity contribution in [3.63, 3.8) is 0 Å². The van der Waals surface area contributed by atoms with Gasteiger partial charge in [0.15, 0.2) is 0 Å². The molecule has 0 radical (unpaired) electrons. The number of methoxy groups -OCH3 is 2. The lowest BCUT2D eigenvalue weighted by atomic mass is 9.95. The molecule has 0 aromatic heterocycles. The quantitative estimate of drug-likeness (QED) is 0.682. The highest BCUT2D eigenvalue weighted by Crippen LogP contribution is 2.41. The zero-order chi connectivity index (χ0) is 13.5. The van der Waals surface area contributed by atoms with E-state index in [0.717, 1.165) is 0 Å². The molecule has 18 heavy (non-hydrogen) atoms. The third kappa shape index (κ3) is 1.55. The van der Waals surface area contributed by atoms with Crippen molar-refractivity contribution in [2.75, 3.05) is 14.2 Å². The number of ether oxygens (including phenoxy) is 3. The van der Waals surface area contributed by atoms with E-state index in [1.165, 1.54) is 14.2 Å². The fourth-order valence-electron chi connectivity index (χ4n) is 2.15. The summed E-state index contributed by atoms with van der Waals surface area (Å²) >= 11 is 0. The average Bonchev–Trinajstić information content (AvgIpc) is 2.86. The Morgan fingerprint density at radius 2 is 2.00 bits per heavy atom. The van der Waals surface area contributed by atoms with Gasteiger partial charge in [0.1, 0.15) is 11.7 Å². The van der Waals surface area contributed by atoms with E-state index in [0.29, 0.717) is 12.1 Å². The van der Waals surface area contributed by atoms with Gasteiger partial charge in [0.2, 0.25) is 5.85 Å². The van der Waals surface area contributed by atoms with Crippen LogP contribution in [-0.4, -0.2) is 43.8 Å². The fraction of sp³-hybridized carbons (Fsp3) is 0.545. The van der Waals surface area contributed by atoms with Gasteiger partial charge in [-0.05, 0) is 6.42 Å². The SMILES string of the molecule is CCC1=NC2(N)OC1C(C(=O)OC)=C2C(=O)OC. The topological polar surface area (TPSA) is 100 Å². The van der Waals surface area contributed by atoms with Crippen LogP contribution in [0.3, 0.4) is 0 Å². The second-order valence-corrected chi connectivity index (χ2v) is 3.92. The van der Waals surface area contributed by atoms with Crippen LogP contribution >= 0.6 is 0 Å². The summed E-state index contributed by atoms with van der Waals surface area (Å²) in [5.74, 6) is -3.03. The third-order valence-electron chi connectivity index (χ3n) is 2.96. The summed E-state index contributed by atoms with van der Waals surface area (Å²) in [4.78, 5) is 27.6. The van der Waals surface area contributed by atoms with E-state index in [1.807, 2.05) is 6.92 Å². The van der Waals surface area contributed by atoms with E-state index in [2.05, 4.69) is 14.5 Å². The molecule has 0 amide bonds. The molecule has 0 fully saturated rings. The van der Waals surface area contributed by atoms with Gasteiger partial charge in [0, 0.05) is 0 Å². The number of esters is 2. The molecule has 0 aromatic carbocycles. The van der Waals surface area contributed by atoms with Crippen LogP contribution in [0.15, 0.2) is 16.1 Å². The number of nitrogens with two attached hydrogens (primary N) is 1. The molecule has 2 atom stereocenters. The summed E-state index contributed by atoms with van der Waals surface area (Å²) in [5.41, 5.74) is 6.51. The van der Waals surface area contributed by atoms with Crippen molar-refractivity contribution < 1.29 is 23.8 Å². The molecular formula is C11H14N2O5. The second kappa shape index (κ2) is 4.18. The summed E-state index contributed by atoms with van der Waals surface area (Å²) in [6.45, 7) is 1.86. The molecule has 0 aromatic rings. The predicted molar refractivity (Wildman–Crippen MR) is 60.6 cm³/mol. The Hall–Kier alpha value is -1.73. The summed E-state index contributed by atoms with van der Waals surface area (Å²) < 4.78 is 14.7. The van der Waals surface area contributed by atoms with Crippen molar-refractivity contribution >= 4 is 17.7 Å². The van der Waals surface area contributed by atoms with Crippen LogP contribution in [-0.2, 0) is 23.8 Å². The smallest absolute Gasteiger partial charge is 0.340 e. The Labute approximate surface area is 104 Å². The summed E-state index contributed by atoms with van der Waals surface area (Å²) in [6, 6.07) is 0. The molecule has 2 aliphatic rings. The zero-order valence-electron chi connectivity index (χ0n) is 10.4. The minimum absolute atomic E-state index is 0.0821. The van der Waals surface area contributed by atoms with Gasteiger partial charge in [-0.2, -0.15) is 0 Å². The number of hydrogen-bond acceptors (Lipinski definition) is 7. The van der Waals surface area contributed by atoms with Crippen LogP contribution in [0, 0.1) is 0 Å². The first-order chi connectivity index (χ1) is 8.48. The molecule has 98 valence electrons. The van der Waals surface area contributed by atoms with Crippen LogP contribution in [0.25, 0.3) is 0 Å². The largest absolute Gasteiger partial charge is 0.466 e. The molecule has 2 N–H and O–H groups in total. The van der Waals surface area contributed by atoms with Gasteiger partial charge in [-0.1, -0.05) is 6.92 Å². The van der Waals surface area contributed by atoms with Gasteiger partial charge in [0.05, 0.1) is 25.5 Å². The van der Waals surface area contributed by atoms with Crippen molar-refractivity contribution in [2.45, 2.75) is 25.3 Å². The third-order valence-corrected chi connectivity index (χ3v) is 2.96. The number of aliphatic imine (C=N–C) groups is 1. The number of fused-ring (bicyclic) bond motifs is 2. The standard InChI is InChI=1S/C11H14N2O5/c1-4-5-8-6(9(14)16-2)7(10(15)17-3)11(12,13-5)18-8/h8H,4,12H2,1-3H3. The first kappa shape index (κ1) is 12.7. The second-order valence-electron chi connectivity index (χ2n) is 3.92. The maximum absolute atomic E-state index is 11.8. The Morgan fingerprint density at radius 3 is 2.50 bits per heavy atom. The first-order valence-corrected chi connectivity index (χ1v) is 5.45. The van der Waals surface area contributed by atoms with Crippen LogP contribution in [0.1, 0.15) is 13.3 Å². The molecule has 2 aliphatic heterocycles. The Morgan fingerprint density at radius 1 is 1.39 bits per heavy atom. The van der Waals surface area contributed by atoms with E-state index in [4.69, 9.17) is 10.5 Å². The molecule has 2 bridgehead atoms.